The van der Waals surface area contributed by atoms with Gasteiger partial charge in [0.25, 0.3) is 0 Å². The first-order valence-electron chi connectivity index (χ1n) is 21.0. The fraction of sp³-hybridized carbons (Fsp3) is 0.240. The molecule has 0 saturated carbocycles. The Morgan fingerprint density at radius 1 is 0.483 bits per heavy atom. The number of benzene rings is 6. The Balaban J connectivity index is 0.000000154. The van der Waals surface area contributed by atoms with E-state index in [-0.39, 0.29) is 11.7 Å². The van der Waals surface area contributed by atoms with E-state index >= 15 is 0 Å². The second-order valence-electron chi connectivity index (χ2n) is 15.8. The monoisotopic (exact) mass is 814 g/mol. The van der Waals surface area contributed by atoms with Crippen molar-refractivity contribution in [2.75, 3.05) is 26.2 Å². The van der Waals surface area contributed by atoms with Gasteiger partial charge in [-0.25, -0.2) is 4.79 Å². The van der Waals surface area contributed by atoms with Gasteiger partial charge in [0.2, 0.25) is 0 Å². The van der Waals surface area contributed by atoms with Crippen molar-refractivity contribution in [3.63, 3.8) is 0 Å². The summed E-state index contributed by atoms with van der Waals surface area (Å²) >= 11 is 5.62. The van der Waals surface area contributed by atoms with Crippen molar-refractivity contribution in [2.45, 2.75) is 50.9 Å². The summed E-state index contributed by atoms with van der Waals surface area (Å²) in [5.74, 6) is 3.46. The van der Waals surface area contributed by atoms with E-state index in [1.165, 1.54) is 16.6 Å². The van der Waals surface area contributed by atoms with Crippen molar-refractivity contribution < 1.29 is 9.47 Å². The molecule has 2 aromatic heterocycles. The van der Waals surface area contributed by atoms with Gasteiger partial charge in [-0.1, -0.05) is 84.9 Å². The highest BCUT2D eigenvalue weighted by Gasteiger charge is 2.25. The minimum Gasteiger partial charge on any atom is -0.457 e. The van der Waals surface area contributed by atoms with Crippen molar-refractivity contribution in [1.82, 2.24) is 28.9 Å². The van der Waals surface area contributed by atoms with E-state index in [4.69, 9.17) is 21.7 Å². The summed E-state index contributed by atoms with van der Waals surface area (Å²) in [6, 6.07) is 53.6. The Hall–Kier alpha value is -6.20. The highest BCUT2D eigenvalue weighted by atomic mass is 32.1. The third-order valence-corrected chi connectivity index (χ3v) is 12.0. The molecule has 0 unspecified atom stereocenters. The van der Waals surface area contributed by atoms with Gasteiger partial charge in [-0.3, -0.25) is 14.4 Å². The van der Waals surface area contributed by atoms with Crippen LogP contribution in [0.3, 0.4) is 0 Å². The average molecular weight is 815 g/mol. The molecule has 6 aromatic carbocycles. The summed E-state index contributed by atoms with van der Waals surface area (Å²) in [4.78, 5) is 23.8. The quantitative estimate of drug-likeness (QED) is 0.134. The molecule has 0 atom stereocenters. The molecular weight excluding hydrogens is 765 g/mol. The van der Waals surface area contributed by atoms with E-state index in [1.54, 1.807) is 0 Å². The Bertz CT molecular complexity index is 2570. The van der Waals surface area contributed by atoms with Gasteiger partial charge in [0.1, 0.15) is 23.0 Å². The Kier molecular flexibility index (Phi) is 12.0. The second-order valence-corrected chi connectivity index (χ2v) is 16.2. The Morgan fingerprint density at radius 3 is 1.42 bits per heavy atom. The van der Waals surface area contributed by atoms with Crippen LogP contribution in [0.25, 0.3) is 22.1 Å². The number of hydrogen-bond acceptors (Lipinski definition) is 6. The van der Waals surface area contributed by atoms with Crippen molar-refractivity contribution in [3.8, 4) is 23.0 Å². The summed E-state index contributed by atoms with van der Waals surface area (Å²) in [5, 5.41) is 0. The van der Waals surface area contributed by atoms with Gasteiger partial charge in [-0.15, -0.1) is 0 Å². The zero-order chi connectivity index (χ0) is 40.7. The molecule has 304 valence electrons. The summed E-state index contributed by atoms with van der Waals surface area (Å²) in [5.41, 5.74) is 6.79. The number of likely N-dealkylation sites (tertiary alicyclic amines) is 2. The smallest absolute Gasteiger partial charge is 0.326 e. The number of nitrogens with zero attached hydrogens (tertiary/aromatic N) is 4. The van der Waals surface area contributed by atoms with Crippen LogP contribution in [0.5, 0.6) is 23.0 Å². The van der Waals surface area contributed by atoms with E-state index in [1.807, 2.05) is 108 Å². The van der Waals surface area contributed by atoms with Crippen LogP contribution in [0.4, 0.5) is 0 Å². The maximum absolute atomic E-state index is 12.5. The van der Waals surface area contributed by atoms with Crippen molar-refractivity contribution in [1.29, 1.82) is 0 Å². The third kappa shape index (κ3) is 9.31. The second kappa shape index (κ2) is 18.4. The molecule has 2 N–H and O–H groups in total. The lowest BCUT2D eigenvalue weighted by Crippen LogP contribution is -2.36. The van der Waals surface area contributed by atoms with E-state index in [2.05, 4.69) is 78.9 Å². The molecule has 4 heterocycles. The Labute approximate surface area is 355 Å². The normalized spacial score (nSPS) is 15.5. The number of hydrogen-bond donors (Lipinski definition) is 2. The molecule has 10 rings (SSSR count). The fourth-order valence-corrected chi connectivity index (χ4v) is 9.08. The van der Waals surface area contributed by atoms with Gasteiger partial charge >= 0.3 is 5.69 Å². The first-order valence-corrected chi connectivity index (χ1v) is 21.4. The molecule has 60 heavy (non-hydrogen) atoms. The first kappa shape index (κ1) is 39.3. The SMILES string of the molecule is O=c1[nH]c2ccccc2n1C1CCN(Cc2cccc(Oc3ccccc3)c2)CC1.S=c1[nH]c2ccccc2n1C1CCN(Cc2cccc(Oc3ccccc3)c2)CC1. The fourth-order valence-electron chi connectivity index (χ4n) is 8.73. The van der Waals surface area contributed by atoms with Gasteiger partial charge in [0.05, 0.1) is 22.1 Å². The predicted molar refractivity (Wildman–Crippen MR) is 243 cm³/mol. The summed E-state index contributed by atoms with van der Waals surface area (Å²) in [6.07, 6.45) is 4.16. The van der Waals surface area contributed by atoms with Gasteiger partial charge < -0.3 is 24.0 Å². The highest BCUT2D eigenvalue weighted by molar-refractivity contribution is 7.71. The van der Waals surface area contributed by atoms with Crippen LogP contribution >= 0.6 is 12.2 Å². The van der Waals surface area contributed by atoms with E-state index in [9.17, 15) is 4.79 Å². The molecule has 0 aliphatic carbocycles. The van der Waals surface area contributed by atoms with Crippen LogP contribution in [0.1, 0.15) is 48.9 Å². The Morgan fingerprint density at radius 2 is 0.900 bits per heavy atom. The predicted octanol–water partition coefficient (Wildman–Crippen LogP) is 11.3. The number of fused-ring (bicyclic) bond motifs is 2. The molecule has 0 bridgehead atoms. The molecular formula is C50H50N6O3S. The largest absolute Gasteiger partial charge is 0.457 e. The lowest BCUT2D eigenvalue weighted by Gasteiger charge is -2.33. The highest BCUT2D eigenvalue weighted by Crippen LogP contribution is 2.30. The average Bonchev–Trinajstić information content (AvgIpc) is 3.80. The zero-order valence-electron chi connectivity index (χ0n) is 33.7. The maximum atomic E-state index is 12.5. The van der Waals surface area contributed by atoms with Gasteiger partial charge in [0.15, 0.2) is 4.77 Å². The molecule has 2 saturated heterocycles. The van der Waals surface area contributed by atoms with Crippen LogP contribution in [0, 0.1) is 4.77 Å². The van der Waals surface area contributed by atoms with Crippen LogP contribution in [-0.4, -0.2) is 55.1 Å². The topological polar surface area (TPSA) is 83.5 Å². The van der Waals surface area contributed by atoms with Crippen LogP contribution in [0.15, 0.2) is 163 Å². The molecule has 2 fully saturated rings. The molecule has 9 nitrogen and oxygen atoms in total. The van der Waals surface area contributed by atoms with E-state index < -0.39 is 0 Å². The number of imidazole rings is 2. The molecule has 8 aromatic rings. The zero-order valence-corrected chi connectivity index (χ0v) is 34.5. The number of nitrogens with one attached hydrogen (secondary N) is 2. The van der Waals surface area contributed by atoms with Crippen molar-refractivity contribution >= 4 is 34.3 Å². The molecule has 2 aliphatic heterocycles. The lowest BCUT2D eigenvalue weighted by atomic mass is 10.0. The van der Waals surface area contributed by atoms with Gasteiger partial charge in [-0.2, -0.15) is 0 Å². The number of aromatic nitrogens is 4. The maximum Gasteiger partial charge on any atom is 0.326 e. The molecule has 0 spiro atoms. The molecule has 10 heteroatoms. The van der Waals surface area contributed by atoms with Gasteiger partial charge in [0, 0.05) is 51.4 Å². The number of ether oxygens (including phenoxy) is 2. The van der Waals surface area contributed by atoms with Crippen LogP contribution < -0.4 is 15.2 Å². The van der Waals surface area contributed by atoms with Crippen molar-refractivity contribution in [3.05, 3.63) is 184 Å². The lowest BCUT2D eigenvalue weighted by molar-refractivity contribution is 0.180. The summed E-state index contributed by atoms with van der Waals surface area (Å²) in [7, 11) is 0. The number of H-pyrrole nitrogens is 2. The molecule has 2 aliphatic rings. The summed E-state index contributed by atoms with van der Waals surface area (Å²) in [6.45, 7) is 5.91. The van der Waals surface area contributed by atoms with Crippen LogP contribution in [-0.2, 0) is 13.1 Å². The first-order chi connectivity index (χ1) is 29.5. The number of piperidine rings is 2. The van der Waals surface area contributed by atoms with Crippen molar-refractivity contribution in [2.24, 2.45) is 0 Å². The number of aromatic amines is 2. The minimum absolute atomic E-state index is 0.000381. The molecule has 0 amide bonds. The van der Waals surface area contributed by atoms with Gasteiger partial charge in [-0.05, 0) is 122 Å². The number of para-hydroxylation sites is 6. The standard InChI is InChI=1S/C25H25N3O2.C25H25N3OS/c29-25-26-23-11-4-5-12-24(23)28(25)20-13-15-27(16-14-20)18-19-7-6-10-22(17-19)30-21-8-2-1-3-9-21;30-25-26-23-11-4-5-12-24(23)28(25)20-13-15-27(16-14-20)18-19-7-6-10-22(17-19)29-21-8-2-1-3-9-21/h1-12,17,20H,13-16,18H2,(H,26,29);1-12,17,20H,13-16,18H2,(H,26,30). The number of rotatable bonds is 10. The van der Waals surface area contributed by atoms with E-state index in [0.29, 0.717) is 6.04 Å². The third-order valence-electron chi connectivity index (χ3n) is 11.7. The summed E-state index contributed by atoms with van der Waals surface area (Å²) < 4.78 is 17.1. The minimum atomic E-state index is 0.000381. The molecule has 0 radical (unpaired) electrons. The van der Waals surface area contributed by atoms with Crippen LogP contribution in [0.2, 0.25) is 0 Å². The van der Waals surface area contributed by atoms with E-state index in [0.717, 1.165) is 109 Å².